The molecule has 5 nitrogen and oxygen atoms in total. The minimum absolute atomic E-state index is 0.00342. The average Bonchev–Trinajstić information content (AvgIpc) is 2.91. The predicted octanol–water partition coefficient (Wildman–Crippen LogP) is 2.50. The van der Waals surface area contributed by atoms with Crippen LogP contribution in [0.2, 0.25) is 0 Å². The summed E-state index contributed by atoms with van der Waals surface area (Å²) in [4.78, 5) is 16.2. The molecule has 0 saturated heterocycles. The number of aromatic nitrogens is 3. The van der Waals surface area contributed by atoms with E-state index in [2.05, 4.69) is 45.2 Å². The van der Waals surface area contributed by atoms with Crippen molar-refractivity contribution in [3.05, 3.63) is 47.0 Å². The molecule has 1 aromatic heterocycles. The summed E-state index contributed by atoms with van der Waals surface area (Å²) in [5.74, 6) is 0.210. The number of carbonyl (C=O) groups excluding carboxylic acids is 1. The smallest absolute Gasteiger partial charge is 0.252 e. The number of halogens is 1. The van der Waals surface area contributed by atoms with Gasteiger partial charge in [-0.3, -0.25) is 9.48 Å². The zero-order valence-electron chi connectivity index (χ0n) is 11.5. The fourth-order valence-electron chi connectivity index (χ4n) is 1.84. The number of nitrogens with zero attached hydrogens (tertiary/aromatic N) is 3. The first-order valence-corrected chi connectivity index (χ1v) is 7.25. The molecule has 0 aliphatic rings. The largest absolute Gasteiger partial charge is 0.347 e. The van der Waals surface area contributed by atoms with Gasteiger partial charge in [0, 0.05) is 4.47 Å². The predicted molar refractivity (Wildman–Crippen MR) is 80.3 cm³/mol. The third-order valence-electron chi connectivity index (χ3n) is 3.09. The molecule has 1 N–H and O–H groups in total. The van der Waals surface area contributed by atoms with Crippen LogP contribution in [0.4, 0.5) is 0 Å². The number of carbonyl (C=O) groups is 1. The lowest BCUT2D eigenvalue weighted by Gasteiger charge is -2.22. The van der Waals surface area contributed by atoms with Crippen molar-refractivity contribution in [2.75, 3.05) is 0 Å². The highest BCUT2D eigenvalue weighted by atomic mass is 79.9. The summed E-state index contributed by atoms with van der Waals surface area (Å²) < 4.78 is 2.52. The van der Waals surface area contributed by atoms with Crippen LogP contribution < -0.4 is 5.32 Å². The second kappa shape index (κ2) is 6.65. The fraction of sp³-hybridized carbons (Fsp3) is 0.357. The molecule has 2 aromatic rings. The van der Waals surface area contributed by atoms with Crippen LogP contribution in [0.1, 0.15) is 24.2 Å². The zero-order valence-corrected chi connectivity index (χ0v) is 13.0. The number of hydrogen-bond donors (Lipinski definition) is 1. The third kappa shape index (κ3) is 3.66. The van der Waals surface area contributed by atoms with Gasteiger partial charge in [0.05, 0.1) is 18.2 Å². The first-order chi connectivity index (χ1) is 9.58. The van der Waals surface area contributed by atoms with Gasteiger partial charge >= 0.3 is 0 Å². The van der Waals surface area contributed by atoms with Gasteiger partial charge < -0.3 is 5.32 Å². The molecule has 0 fully saturated rings. The Bertz CT molecular complexity index is 568. The van der Waals surface area contributed by atoms with Crippen molar-refractivity contribution in [2.45, 2.75) is 26.4 Å². The molecule has 20 heavy (non-hydrogen) atoms. The second-order valence-electron chi connectivity index (χ2n) is 4.92. The van der Waals surface area contributed by atoms with E-state index in [1.54, 1.807) is 17.1 Å². The number of rotatable bonds is 5. The van der Waals surface area contributed by atoms with Gasteiger partial charge in [-0.15, -0.1) is 0 Å². The first-order valence-electron chi connectivity index (χ1n) is 6.45. The molecule has 1 atom stereocenters. The molecule has 0 radical (unpaired) electrons. The highest BCUT2D eigenvalue weighted by Crippen LogP contribution is 2.16. The number of hydrogen-bond acceptors (Lipinski definition) is 3. The van der Waals surface area contributed by atoms with Crippen molar-refractivity contribution in [3.8, 4) is 0 Å². The second-order valence-corrected chi connectivity index (χ2v) is 5.78. The van der Waals surface area contributed by atoms with Gasteiger partial charge in [-0.05, 0) is 34.0 Å². The van der Waals surface area contributed by atoms with Gasteiger partial charge in [0.2, 0.25) is 0 Å². The van der Waals surface area contributed by atoms with Crippen molar-refractivity contribution < 1.29 is 4.79 Å². The Balaban J connectivity index is 2.08. The molecule has 0 aliphatic heterocycles. The molecule has 0 saturated carbocycles. The quantitative estimate of drug-likeness (QED) is 0.912. The summed E-state index contributed by atoms with van der Waals surface area (Å²) in [5.41, 5.74) is 0.636. The van der Waals surface area contributed by atoms with E-state index in [1.807, 2.05) is 18.2 Å². The minimum atomic E-state index is -0.0868. The zero-order chi connectivity index (χ0) is 14.5. The van der Waals surface area contributed by atoms with Crippen molar-refractivity contribution >= 4 is 21.8 Å². The molecular formula is C14H17BrN4O. The Morgan fingerprint density at radius 1 is 1.40 bits per heavy atom. The Morgan fingerprint density at radius 2 is 2.15 bits per heavy atom. The van der Waals surface area contributed by atoms with Gasteiger partial charge in [-0.1, -0.05) is 26.0 Å². The third-order valence-corrected chi connectivity index (χ3v) is 3.78. The lowest BCUT2D eigenvalue weighted by Crippen LogP contribution is -2.41. The van der Waals surface area contributed by atoms with E-state index in [1.165, 1.54) is 6.33 Å². The maximum atomic E-state index is 12.3. The van der Waals surface area contributed by atoms with E-state index >= 15 is 0 Å². The van der Waals surface area contributed by atoms with Crippen LogP contribution in [0.5, 0.6) is 0 Å². The van der Waals surface area contributed by atoms with Crippen molar-refractivity contribution in [1.29, 1.82) is 0 Å². The Kier molecular flexibility index (Phi) is 4.89. The summed E-state index contributed by atoms with van der Waals surface area (Å²) in [5, 5.41) is 7.14. The van der Waals surface area contributed by atoms with Gasteiger partial charge in [-0.25, -0.2) is 4.98 Å². The van der Waals surface area contributed by atoms with Crippen molar-refractivity contribution in [1.82, 2.24) is 20.1 Å². The average molecular weight is 337 g/mol. The fourth-order valence-corrected chi connectivity index (χ4v) is 2.31. The summed E-state index contributed by atoms with van der Waals surface area (Å²) in [6.07, 6.45) is 3.15. The number of amides is 1. The monoisotopic (exact) mass is 336 g/mol. The van der Waals surface area contributed by atoms with E-state index < -0.39 is 0 Å². The SMILES string of the molecule is CC(C)[C@H](Cn1cncn1)NC(=O)c1ccccc1Br. The molecule has 0 aliphatic carbocycles. The minimum Gasteiger partial charge on any atom is -0.347 e. The normalized spacial score (nSPS) is 12.4. The van der Waals surface area contributed by atoms with E-state index in [9.17, 15) is 4.79 Å². The highest BCUT2D eigenvalue weighted by molar-refractivity contribution is 9.10. The molecular weight excluding hydrogens is 320 g/mol. The van der Waals surface area contributed by atoms with Crippen molar-refractivity contribution in [3.63, 3.8) is 0 Å². The van der Waals surface area contributed by atoms with Crippen molar-refractivity contribution in [2.24, 2.45) is 5.92 Å². The first kappa shape index (κ1) is 14.7. The van der Waals surface area contributed by atoms with Crippen LogP contribution in [0.25, 0.3) is 0 Å². The molecule has 1 amide bonds. The lowest BCUT2D eigenvalue weighted by atomic mass is 10.0. The molecule has 0 bridgehead atoms. The lowest BCUT2D eigenvalue weighted by molar-refractivity contribution is 0.0918. The number of nitrogens with one attached hydrogen (secondary N) is 1. The summed E-state index contributed by atoms with van der Waals surface area (Å²) in [6.45, 7) is 4.75. The maximum absolute atomic E-state index is 12.3. The summed E-state index contributed by atoms with van der Waals surface area (Å²) in [6, 6.07) is 7.39. The summed E-state index contributed by atoms with van der Waals surface area (Å²) in [7, 11) is 0. The topological polar surface area (TPSA) is 59.8 Å². The van der Waals surface area contributed by atoms with E-state index in [4.69, 9.17) is 0 Å². The molecule has 1 heterocycles. The van der Waals surface area contributed by atoms with E-state index in [0.717, 1.165) is 4.47 Å². The van der Waals surface area contributed by atoms with Gasteiger partial charge in [-0.2, -0.15) is 5.10 Å². The Hall–Kier alpha value is -1.69. The van der Waals surface area contributed by atoms with Crippen LogP contribution >= 0.6 is 15.9 Å². The van der Waals surface area contributed by atoms with Crippen LogP contribution in [-0.2, 0) is 6.54 Å². The molecule has 0 unspecified atom stereocenters. The Morgan fingerprint density at radius 3 is 2.75 bits per heavy atom. The molecule has 0 spiro atoms. The Labute approximate surface area is 126 Å². The summed E-state index contributed by atoms with van der Waals surface area (Å²) >= 11 is 3.40. The van der Waals surface area contributed by atoms with Gasteiger partial charge in [0.15, 0.2) is 0 Å². The van der Waals surface area contributed by atoms with E-state index in [0.29, 0.717) is 18.0 Å². The number of benzene rings is 1. The van der Waals surface area contributed by atoms with E-state index in [-0.39, 0.29) is 11.9 Å². The highest BCUT2D eigenvalue weighted by Gasteiger charge is 2.19. The van der Waals surface area contributed by atoms with Crippen LogP contribution in [0.15, 0.2) is 41.4 Å². The molecule has 6 heteroatoms. The molecule has 1 aromatic carbocycles. The standard InChI is InChI=1S/C14H17BrN4O/c1-10(2)13(7-19-9-16-8-17-19)18-14(20)11-5-3-4-6-12(11)15/h3-6,8-10,13H,7H2,1-2H3,(H,18,20)/t13-/m0/s1. The van der Waals surface area contributed by atoms with Crippen LogP contribution in [0.3, 0.4) is 0 Å². The van der Waals surface area contributed by atoms with Crippen LogP contribution in [0, 0.1) is 5.92 Å². The van der Waals surface area contributed by atoms with Gasteiger partial charge in [0.25, 0.3) is 5.91 Å². The van der Waals surface area contributed by atoms with Crippen LogP contribution in [-0.4, -0.2) is 26.7 Å². The maximum Gasteiger partial charge on any atom is 0.252 e. The molecule has 2 rings (SSSR count). The van der Waals surface area contributed by atoms with Gasteiger partial charge in [0.1, 0.15) is 12.7 Å². The molecule has 106 valence electrons.